The fourth-order valence-corrected chi connectivity index (χ4v) is 24.7. The highest BCUT2D eigenvalue weighted by atomic mass is 31.1. The maximum absolute atomic E-state index is 3.75. The number of hydrogen-bond acceptors (Lipinski definition) is 0. The molecule has 3 aromatic rings. The Labute approximate surface area is 297 Å². The third kappa shape index (κ3) is 5.26. The highest BCUT2D eigenvalue weighted by Gasteiger charge is 2.62. The van der Waals surface area contributed by atoms with Crippen LogP contribution in [0.5, 0.6) is 0 Å². The summed E-state index contributed by atoms with van der Waals surface area (Å²) in [7, 11) is 0.0588. The van der Waals surface area contributed by atoms with Gasteiger partial charge < -0.3 is 9.97 Å². The van der Waals surface area contributed by atoms with Crippen molar-refractivity contribution in [3.8, 4) is 0 Å². The van der Waals surface area contributed by atoms with Crippen LogP contribution in [-0.4, -0.2) is 36.4 Å². The minimum absolute atomic E-state index is 0.152. The van der Waals surface area contributed by atoms with Gasteiger partial charge in [0.15, 0.2) is 0 Å². The molecule has 0 radical (unpaired) electrons. The molecule has 48 heavy (non-hydrogen) atoms. The molecule has 1 unspecified atom stereocenters. The molecule has 8 bridgehead atoms. The fraction of sp³-hybridized carbons (Fsp3) is 0.667. The highest BCUT2D eigenvalue weighted by molar-refractivity contribution is 7.60. The van der Waals surface area contributed by atoms with Crippen molar-refractivity contribution in [1.29, 1.82) is 0 Å². The number of aromatic amines is 2. The largest absolute Gasteiger partial charge is 0.364 e. The van der Waals surface area contributed by atoms with Gasteiger partial charge in [-0.25, -0.2) is 0 Å². The molecule has 0 aliphatic heterocycles. The van der Waals surface area contributed by atoms with Gasteiger partial charge in [0, 0.05) is 23.8 Å². The van der Waals surface area contributed by atoms with E-state index in [4.69, 9.17) is 0 Å². The smallest absolute Gasteiger partial charge is 0.0891 e. The summed E-state index contributed by atoms with van der Waals surface area (Å²) in [5.41, 5.74) is 5.91. The molecule has 8 fully saturated rings. The summed E-state index contributed by atoms with van der Waals surface area (Å²) in [5, 5.41) is 4.44. The maximum Gasteiger partial charge on any atom is 0.0891 e. The number of H-pyrrole nitrogens is 2. The van der Waals surface area contributed by atoms with Gasteiger partial charge in [0.1, 0.15) is 0 Å². The number of aromatic nitrogens is 2. The van der Waals surface area contributed by atoms with E-state index in [0.717, 1.165) is 35.5 Å². The first kappa shape index (κ1) is 32.9. The van der Waals surface area contributed by atoms with E-state index in [-0.39, 0.29) is 13.1 Å². The van der Waals surface area contributed by atoms with Gasteiger partial charge in [-0.15, -0.1) is 9.24 Å². The van der Waals surface area contributed by atoms with Crippen LogP contribution in [0.2, 0.25) is 39.3 Å². The Morgan fingerprint density at radius 1 is 0.646 bits per heavy atom. The van der Waals surface area contributed by atoms with Crippen molar-refractivity contribution in [2.24, 2.45) is 35.5 Å². The minimum Gasteiger partial charge on any atom is -0.364 e. The second-order valence-corrected chi connectivity index (χ2v) is 34.4. The SMILES string of the molecule is C[Si](C)(C)c1cc(CP(C23CC4CC(CC(C4)C2)C3)C23CC4CC(CC(C4)C2)C3)c(C(P)(c2ccc[nH]2)c2ccc[nH]2)cc1[Si](C)(C)C. The zero-order valence-corrected chi connectivity index (χ0v) is 34.8. The van der Waals surface area contributed by atoms with Crippen LogP contribution in [0.25, 0.3) is 0 Å². The van der Waals surface area contributed by atoms with Crippen LogP contribution >= 0.6 is 17.2 Å². The lowest BCUT2D eigenvalue weighted by molar-refractivity contribution is 0.0184. The standard InChI is InChI=1S/C42H62N2P2Si2/c1-47(2,3)36-19-34(35(20-37(36)48(4,5)6)42(45,38-9-7-11-43-38)39-10-8-12-44-39)27-46(40-21-28-13-29(22-40)15-30(14-28)23-40)41-24-31-16-32(25-41)18-33(17-31)26-41/h7-12,19-20,28-33,43-44H,13-18,21-27,45H2,1-6H3. The first-order valence-electron chi connectivity index (χ1n) is 19.8. The Kier molecular flexibility index (Phi) is 7.75. The van der Waals surface area contributed by atoms with E-state index in [0.29, 0.717) is 10.3 Å². The number of hydrogen-bond donors (Lipinski definition) is 2. The van der Waals surface area contributed by atoms with Crippen LogP contribution in [0.4, 0.5) is 0 Å². The van der Waals surface area contributed by atoms with Gasteiger partial charge in [-0.3, -0.25) is 0 Å². The van der Waals surface area contributed by atoms with Crippen molar-refractivity contribution in [3.05, 3.63) is 71.3 Å². The molecule has 1 atom stereocenters. The summed E-state index contributed by atoms with van der Waals surface area (Å²) in [6.07, 6.45) is 24.5. The van der Waals surface area contributed by atoms with Gasteiger partial charge in [-0.05, 0) is 164 Å². The first-order chi connectivity index (χ1) is 22.7. The summed E-state index contributed by atoms with van der Waals surface area (Å²) < 4.78 is 0. The Hall–Kier alpha value is -0.926. The first-order valence-corrected chi connectivity index (χ1v) is 28.9. The van der Waals surface area contributed by atoms with Crippen LogP contribution in [0.15, 0.2) is 48.8 Å². The Bertz CT molecular complexity index is 1510. The monoisotopic (exact) mass is 712 g/mol. The molecule has 2 N–H and O–H groups in total. The summed E-state index contributed by atoms with van der Waals surface area (Å²) in [6, 6.07) is 14.8. The van der Waals surface area contributed by atoms with Gasteiger partial charge >= 0.3 is 0 Å². The molecule has 2 heterocycles. The third-order valence-corrected chi connectivity index (χ3v) is 24.1. The molecule has 11 rings (SSSR count). The molecule has 258 valence electrons. The predicted octanol–water partition coefficient (Wildman–Crippen LogP) is 10.5. The Balaban J connectivity index is 1.27. The van der Waals surface area contributed by atoms with E-state index >= 15 is 0 Å². The van der Waals surface area contributed by atoms with Gasteiger partial charge in [0.2, 0.25) is 0 Å². The van der Waals surface area contributed by atoms with E-state index in [2.05, 4.69) is 107 Å². The van der Waals surface area contributed by atoms with Gasteiger partial charge in [0.05, 0.1) is 21.3 Å². The van der Waals surface area contributed by atoms with E-state index in [1.807, 2.05) is 0 Å². The van der Waals surface area contributed by atoms with Crippen molar-refractivity contribution in [2.75, 3.05) is 0 Å². The molecule has 8 aliphatic carbocycles. The lowest BCUT2D eigenvalue weighted by Gasteiger charge is -2.67. The second-order valence-electron chi connectivity index (χ2n) is 20.4. The summed E-state index contributed by atoms with van der Waals surface area (Å²) in [5.74, 6) is 6.17. The third-order valence-electron chi connectivity index (χ3n) is 14.8. The quantitative estimate of drug-likeness (QED) is 0.164. The lowest BCUT2D eigenvalue weighted by atomic mass is 9.55. The molecule has 0 amide bonds. The van der Waals surface area contributed by atoms with Crippen LogP contribution in [-0.2, 0) is 11.3 Å². The summed E-state index contributed by atoms with van der Waals surface area (Å²) in [6.45, 7) is 15.7. The lowest BCUT2D eigenvalue weighted by Crippen LogP contribution is -2.57. The summed E-state index contributed by atoms with van der Waals surface area (Å²) in [4.78, 5) is 7.50. The maximum atomic E-state index is 3.75. The van der Waals surface area contributed by atoms with Gasteiger partial charge in [0.25, 0.3) is 0 Å². The summed E-state index contributed by atoms with van der Waals surface area (Å²) >= 11 is 0. The zero-order chi connectivity index (χ0) is 33.3. The normalized spacial score (nSPS) is 36.2. The Morgan fingerprint density at radius 2 is 1.02 bits per heavy atom. The van der Waals surface area contributed by atoms with Crippen molar-refractivity contribution < 1.29 is 0 Å². The fourth-order valence-electron chi connectivity index (χ4n) is 13.8. The molecule has 0 spiro atoms. The van der Waals surface area contributed by atoms with Crippen LogP contribution in [0.3, 0.4) is 0 Å². The molecule has 1 aromatic carbocycles. The van der Waals surface area contributed by atoms with E-state index in [1.54, 1.807) is 98.6 Å². The Morgan fingerprint density at radius 3 is 1.35 bits per heavy atom. The van der Waals surface area contributed by atoms with Crippen LogP contribution in [0.1, 0.15) is 99.6 Å². The van der Waals surface area contributed by atoms with Gasteiger partial charge in [-0.1, -0.05) is 69.7 Å². The molecule has 8 saturated carbocycles. The molecule has 2 nitrogen and oxygen atoms in total. The van der Waals surface area contributed by atoms with Crippen molar-refractivity contribution in [3.63, 3.8) is 0 Å². The molecular weight excluding hydrogens is 651 g/mol. The average Bonchev–Trinajstić information content (AvgIpc) is 3.73. The predicted molar refractivity (Wildman–Crippen MR) is 216 cm³/mol. The van der Waals surface area contributed by atoms with Gasteiger partial charge in [-0.2, -0.15) is 0 Å². The number of nitrogens with one attached hydrogen (secondary N) is 2. The topological polar surface area (TPSA) is 31.6 Å². The highest BCUT2D eigenvalue weighted by Crippen LogP contribution is 2.80. The van der Waals surface area contributed by atoms with Crippen molar-refractivity contribution in [2.45, 2.75) is 138 Å². The average molecular weight is 713 g/mol. The molecule has 0 saturated heterocycles. The van der Waals surface area contributed by atoms with Crippen molar-refractivity contribution in [1.82, 2.24) is 9.97 Å². The molecular formula is C42H62N2P2Si2. The van der Waals surface area contributed by atoms with Crippen LogP contribution in [0, 0.1) is 35.5 Å². The van der Waals surface area contributed by atoms with E-state index in [9.17, 15) is 0 Å². The minimum atomic E-state index is -1.63. The van der Waals surface area contributed by atoms with E-state index < -0.39 is 16.1 Å². The van der Waals surface area contributed by atoms with E-state index in [1.165, 1.54) is 17.5 Å². The second kappa shape index (κ2) is 11.3. The van der Waals surface area contributed by atoms with Crippen LogP contribution < -0.4 is 10.4 Å². The zero-order valence-electron chi connectivity index (χ0n) is 30.8. The van der Waals surface area contributed by atoms with Crippen molar-refractivity contribution >= 4 is 43.7 Å². The molecule has 8 aliphatic rings. The molecule has 6 heteroatoms. The number of benzene rings is 1. The number of rotatable bonds is 9. The molecule has 2 aromatic heterocycles.